The molecule has 0 aliphatic rings. The van der Waals surface area contributed by atoms with Crippen LogP contribution in [0.3, 0.4) is 0 Å². The molecule has 4 rings (SSSR count). The largest absolute Gasteiger partial charge is 0.350 e. The molecule has 0 saturated carbocycles. The lowest BCUT2D eigenvalue weighted by Gasteiger charge is -2.33. The van der Waals surface area contributed by atoms with Crippen LogP contribution in [0.1, 0.15) is 22.3 Å². The SMILES string of the molecule is CS(=O)(=O)N(CC(=O)N(Cc1ccc(F)cc1)[C@H](Cc1ccccc1)C(=O)NCc1ccc(Cl)cc1)Cc1ccccc1. The van der Waals surface area contributed by atoms with E-state index in [2.05, 4.69) is 5.32 Å². The second-order valence-corrected chi connectivity index (χ2v) is 12.6. The fourth-order valence-corrected chi connectivity index (χ4v) is 5.42. The average Bonchev–Trinajstić information content (AvgIpc) is 2.99. The van der Waals surface area contributed by atoms with E-state index in [9.17, 15) is 22.4 Å². The maximum atomic E-state index is 14.1. The standard InChI is InChI=1S/C33H33ClFN3O4S/c1-43(41,42)37(22-27-10-6-3-7-11-27)24-32(39)38(23-28-14-18-30(35)19-15-28)31(20-25-8-4-2-5-9-25)33(40)36-21-26-12-16-29(34)17-13-26/h2-19,31H,20-24H2,1H3,(H,36,40)/t31-/m1/s1. The first-order valence-electron chi connectivity index (χ1n) is 13.7. The summed E-state index contributed by atoms with van der Waals surface area (Å²) in [6.07, 6.45) is 1.23. The van der Waals surface area contributed by atoms with Crippen LogP contribution in [0.15, 0.2) is 109 Å². The highest BCUT2D eigenvalue weighted by molar-refractivity contribution is 7.88. The first-order valence-corrected chi connectivity index (χ1v) is 15.9. The molecule has 4 aromatic carbocycles. The van der Waals surface area contributed by atoms with Gasteiger partial charge in [0.15, 0.2) is 0 Å². The number of sulfonamides is 1. The summed E-state index contributed by atoms with van der Waals surface area (Å²) in [6, 6.07) is 29.9. The van der Waals surface area contributed by atoms with Gasteiger partial charge in [-0.1, -0.05) is 96.5 Å². The number of nitrogens with one attached hydrogen (secondary N) is 1. The van der Waals surface area contributed by atoms with Gasteiger partial charge in [-0.15, -0.1) is 0 Å². The van der Waals surface area contributed by atoms with Gasteiger partial charge in [-0.3, -0.25) is 9.59 Å². The molecule has 1 N–H and O–H groups in total. The van der Waals surface area contributed by atoms with Gasteiger partial charge in [0.05, 0.1) is 12.8 Å². The summed E-state index contributed by atoms with van der Waals surface area (Å²) in [5.74, 6) is -1.41. The quantitative estimate of drug-likeness (QED) is 0.222. The summed E-state index contributed by atoms with van der Waals surface area (Å²) in [5.41, 5.74) is 2.94. The summed E-state index contributed by atoms with van der Waals surface area (Å²) < 4.78 is 40.4. The van der Waals surface area contributed by atoms with Crippen molar-refractivity contribution in [1.29, 1.82) is 0 Å². The van der Waals surface area contributed by atoms with Crippen LogP contribution in [0.5, 0.6) is 0 Å². The highest BCUT2D eigenvalue weighted by Crippen LogP contribution is 2.18. The van der Waals surface area contributed by atoms with Crippen LogP contribution in [0.25, 0.3) is 0 Å². The number of halogens is 2. The Morgan fingerprint density at radius 2 is 1.30 bits per heavy atom. The number of carbonyl (C=O) groups is 2. The van der Waals surface area contributed by atoms with Gasteiger partial charge in [-0.25, -0.2) is 12.8 Å². The Labute approximate surface area is 257 Å². The van der Waals surface area contributed by atoms with E-state index in [1.807, 2.05) is 36.4 Å². The van der Waals surface area contributed by atoms with E-state index in [-0.39, 0.29) is 26.1 Å². The highest BCUT2D eigenvalue weighted by Gasteiger charge is 2.33. The number of hydrogen-bond donors (Lipinski definition) is 1. The molecular formula is C33H33ClFN3O4S. The summed E-state index contributed by atoms with van der Waals surface area (Å²) in [7, 11) is -3.80. The zero-order chi connectivity index (χ0) is 30.8. The number of carbonyl (C=O) groups excluding carboxylic acids is 2. The first-order chi connectivity index (χ1) is 20.6. The molecule has 0 heterocycles. The van der Waals surface area contributed by atoms with Crippen LogP contribution in [-0.4, -0.2) is 48.3 Å². The molecule has 10 heteroatoms. The van der Waals surface area contributed by atoms with E-state index in [1.54, 1.807) is 60.7 Å². The molecule has 0 spiro atoms. The van der Waals surface area contributed by atoms with Crippen LogP contribution >= 0.6 is 11.6 Å². The Morgan fingerprint density at radius 1 is 0.767 bits per heavy atom. The van der Waals surface area contributed by atoms with Gasteiger partial charge in [0.1, 0.15) is 11.9 Å². The molecule has 224 valence electrons. The molecule has 0 unspecified atom stereocenters. The van der Waals surface area contributed by atoms with Crippen molar-refractivity contribution in [2.24, 2.45) is 0 Å². The molecule has 43 heavy (non-hydrogen) atoms. The Bertz CT molecular complexity index is 1600. The number of rotatable bonds is 13. The van der Waals surface area contributed by atoms with Crippen molar-refractivity contribution < 1.29 is 22.4 Å². The average molecular weight is 622 g/mol. The molecule has 0 radical (unpaired) electrons. The minimum atomic E-state index is -3.80. The van der Waals surface area contributed by atoms with Gasteiger partial charge in [-0.2, -0.15) is 4.31 Å². The highest BCUT2D eigenvalue weighted by atomic mass is 35.5. The maximum Gasteiger partial charge on any atom is 0.243 e. The predicted molar refractivity (Wildman–Crippen MR) is 166 cm³/mol. The number of amides is 2. The molecular weight excluding hydrogens is 589 g/mol. The fraction of sp³-hybridized carbons (Fsp3) is 0.212. The zero-order valence-electron chi connectivity index (χ0n) is 23.7. The van der Waals surface area contributed by atoms with Crippen LogP contribution < -0.4 is 5.32 Å². The van der Waals surface area contributed by atoms with Crippen LogP contribution in [0, 0.1) is 5.82 Å². The van der Waals surface area contributed by atoms with Gasteiger partial charge in [-0.05, 0) is 46.5 Å². The van der Waals surface area contributed by atoms with Crippen LogP contribution in [0.2, 0.25) is 5.02 Å². The van der Waals surface area contributed by atoms with Gasteiger partial charge in [0, 0.05) is 31.1 Å². The van der Waals surface area contributed by atoms with Gasteiger partial charge in [0.2, 0.25) is 21.8 Å². The Kier molecular flexibility index (Phi) is 11.1. The molecule has 0 saturated heterocycles. The maximum absolute atomic E-state index is 14.1. The lowest BCUT2D eigenvalue weighted by molar-refractivity contribution is -0.141. The van der Waals surface area contributed by atoms with Crippen molar-refractivity contribution in [2.45, 2.75) is 32.1 Å². The van der Waals surface area contributed by atoms with E-state index in [1.165, 1.54) is 17.0 Å². The molecule has 0 aliphatic carbocycles. The van der Waals surface area contributed by atoms with Gasteiger partial charge in [0.25, 0.3) is 0 Å². The molecule has 0 aromatic heterocycles. The van der Waals surface area contributed by atoms with Crippen molar-refractivity contribution in [2.75, 3.05) is 12.8 Å². The topological polar surface area (TPSA) is 86.8 Å². The second-order valence-electron chi connectivity index (χ2n) is 10.2. The lowest BCUT2D eigenvalue weighted by atomic mass is 10.0. The molecule has 0 fully saturated rings. The molecule has 7 nitrogen and oxygen atoms in total. The third kappa shape index (κ3) is 9.74. The van der Waals surface area contributed by atoms with Crippen LogP contribution in [-0.2, 0) is 45.7 Å². The third-order valence-corrected chi connectivity index (χ3v) is 8.35. The second kappa shape index (κ2) is 14.9. The first kappa shape index (κ1) is 31.9. The Hall–Kier alpha value is -4.05. The fourth-order valence-electron chi connectivity index (χ4n) is 4.57. The van der Waals surface area contributed by atoms with E-state index >= 15 is 0 Å². The number of hydrogen-bond acceptors (Lipinski definition) is 4. The summed E-state index contributed by atoms with van der Waals surface area (Å²) in [6.45, 7) is -0.330. The third-order valence-electron chi connectivity index (χ3n) is 6.90. The predicted octanol–water partition coefficient (Wildman–Crippen LogP) is 5.20. The Morgan fingerprint density at radius 3 is 1.88 bits per heavy atom. The van der Waals surface area contributed by atoms with Crippen molar-refractivity contribution >= 4 is 33.4 Å². The Balaban J connectivity index is 1.67. The smallest absolute Gasteiger partial charge is 0.243 e. The van der Waals surface area contributed by atoms with E-state index in [0.29, 0.717) is 16.1 Å². The summed E-state index contributed by atoms with van der Waals surface area (Å²) >= 11 is 6.00. The van der Waals surface area contributed by atoms with Crippen molar-refractivity contribution in [1.82, 2.24) is 14.5 Å². The van der Waals surface area contributed by atoms with Crippen molar-refractivity contribution in [3.8, 4) is 0 Å². The monoisotopic (exact) mass is 621 g/mol. The molecule has 0 aliphatic heterocycles. The minimum Gasteiger partial charge on any atom is -0.350 e. The van der Waals surface area contributed by atoms with E-state index in [0.717, 1.165) is 21.7 Å². The minimum absolute atomic E-state index is 0.0120. The molecule has 4 aromatic rings. The zero-order valence-corrected chi connectivity index (χ0v) is 25.3. The number of benzene rings is 4. The molecule has 0 bridgehead atoms. The van der Waals surface area contributed by atoms with Gasteiger partial charge >= 0.3 is 0 Å². The van der Waals surface area contributed by atoms with E-state index < -0.39 is 40.2 Å². The summed E-state index contributed by atoms with van der Waals surface area (Å²) in [4.78, 5) is 29.3. The number of nitrogens with zero attached hydrogens (tertiary/aromatic N) is 2. The normalized spacial score (nSPS) is 12.1. The molecule has 2 amide bonds. The lowest BCUT2D eigenvalue weighted by Crippen LogP contribution is -2.53. The van der Waals surface area contributed by atoms with Crippen LogP contribution in [0.4, 0.5) is 4.39 Å². The summed E-state index contributed by atoms with van der Waals surface area (Å²) in [5, 5.41) is 3.49. The van der Waals surface area contributed by atoms with E-state index in [4.69, 9.17) is 11.6 Å². The molecule has 1 atom stereocenters. The van der Waals surface area contributed by atoms with Gasteiger partial charge < -0.3 is 10.2 Å². The van der Waals surface area contributed by atoms with Crippen molar-refractivity contribution in [3.05, 3.63) is 142 Å². The van der Waals surface area contributed by atoms with Crippen molar-refractivity contribution in [3.63, 3.8) is 0 Å².